The minimum Gasteiger partial charge on any atom is -0.207 e. The molecule has 0 saturated carbocycles. The number of nitrogens with one attached hydrogen (secondary N) is 1. The van der Waals surface area contributed by atoms with Gasteiger partial charge in [-0.2, -0.15) is 4.72 Å². The molecular formula is C20H18BrNO2S. The Morgan fingerprint density at radius 1 is 0.840 bits per heavy atom. The second-order valence-corrected chi connectivity index (χ2v) is 8.38. The Morgan fingerprint density at radius 2 is 1.48 bits per heavy atom. The van der Waals surface area contributed by atoms with Gasteiger partial charge >= 0.3 is 0 Å². The smallest absolute Gasteiger partial charge is 0.207 e. The average molecular weight is 416 g/mol. The second-order valence-electron chi connectivity index (χ2n) is 5.79. The van der Waals surface area contributed by atoms with Crippen molar-refractivity contribution in [3.63, 3.8) is 0 Å². The van der Waals surface area contributed by atoms with Crippen LogP contribution in [0.1, 0.15) is 22.7 Å². The first kappa shape index (κ1) is 17.9. The summed E-state index contributed by atoms with van der Waals surface area (Å²) in [5, 5.41) is 0. The summed E-state index contributed by atoms with van der Waals surface area (Å²) in [6, 6.07) is 23.8. The number of benzene rings is 3. The van der Waals surface area contributed by atoms with Crippen molar-refractivity contribution < 1.29 is 8.42 Å². The van der Waals surface area contributed by atoms with Gasteiger partial charge in [0.1, 0.15) is 0 Å². The fourth-order valence-electron chi connectivity index (χ4n) is 2.74. The molecule has 0 spiro atoms. The number of aryl methyl sites for hydroxylation is 1. The molecule has 0 heterocycles. The summed E-state index contributed by atoms with van der Waals surface area (Å²) in [5.41, 5.74) is 2.48. The Hall–Kier alpha value is -1.95. The van der Waals surface area contributed by atoms with E-state index >= 15 is 0 Å². The van der Waals surface area contributed by atoms with Crippen LogP contribution in [-0.4, -0.2) is 8.42 Å². The maximum atomic E-state index is 13.0. The first-order valence-electron chi connectivity index (χ1n) is 7.86. The Morgan fingerprint density at radius 3 is 2.16 bits per heavy atom. The second kappa shape index (κ2) is 7.52. The van der Waals surface area contributed by atoms with E-state index in [2.05, 4.69) is 20.7 Å². The summed E-state index contributed by atoms with van der Waals surface area (Å²) in [4.78, 5) is 0.297. The highest BCUT2D eigenvalue weighted by Crippen LogP contribution is 2.27. The fraction of sp³-hybridized carbons (Fsp3) is 0.100. The van der Waals surface area contributed by atoms with Gasteiger partial charge in [0, 0.05) is 4.47 Å². The van der Waals surface area contributed by atoms with E-state index in [1.807, 2.05) is 60.7 Å². The third kappa shape index (κ3) is 4.18. The lowest BCUT2D eigenvalue weighted by molar-refractivity contribution is 0.571. The molecule has 1 N–H and O–H groups in total. The Balaban J connectivity index is 2.06. The summed E-state index contributed by atoms with van der Waals surface area (Å²) in [6.45, 7) is 1.80. The molecule has 0 aliphatic heterocycles. The zero-order valence-corrected chi connectivity index (χ0v) is 16.1. The largest absolute Gasteiger partial charge is 0.241 e. The van der Waals surface area contributed by atoms with E-state index in [0.29, 0.717) is 4.90 Å². The van der Waals surface area contributed by atoms with E-state index in [9.17, 15) is 8.42 Å². The normalized spacial score (nSPS) is 12.7. The molecule has 5 heteroatoms. The Kier molecular flexibility index (Phi) is 5.37. The van der Waals surface area contributed by atoms with Crippen LogP contribution in [0.25, 0.3) is 0 Å². The van der Waals surface area contributed by atoms with Crippen molar-refractivity contribution in [1.82, 2.24) is 4.72 Å². The number of hydrogen-bond donors (Lipinski definition) is 1. The van der Waals surface area contributed by atoms with Gasteiger partial charge in [0.2, 0.25) is 10.0 Å². The molecular weight excluding hydrogens is 398 g/mol. The van der Waals surface area contributed by atoms with Gasteiger partial charge < -0.3 is 0 Å². The van der Waals surface area contributed by atoms with Gasteiger partial charge in [-0.05, 0) is 41.8 Å². The van der Waals surface area contributed by atoms with Crippen molar-refractivity contribution in [1.29, 1.82) is 0 Å². The van der Waals surface area contributed by atoms with Crippen LogP contribution in [-0.2, 0) is 10.0 Å². The minimum atomic E-state index is -3.66. The van der Waals surface area contributed by atoms with Gasteiger partial charge in [-0.1, -0.05) is 76.6 Å². The van der Waals surface area contributed by atoms with Crippen molar-refractivity contribution in [2.75, 3.05) is 0 Å². The van der Waals surface area contributed by atoms with Gasteiger partial charge in [-0.15, -0.1) is 0 Å². The van der Waals surface area contributed by atoms with Crippen LogP contribution in [0.2, 0.25) is 0 Å². The van der Waals surface area contributed by atoms with E-state index in [-0.39, 0.29) is 0 Å². The van der Waals surface area contributed by atoms with Crippen LogP contribution in [0.5, 0.6) is 0 Å². The molecule has 0 fully saturated rings. The van der Waals surface area contributed by atoms with Crippen LogP contribution in [0.3, 0.4) is 0 Å². The zero-order valence-electron chi connectivity index (χ0n) is 13.7. The molecule has 1 unspecified atom stereocenters. The Labute approximate surface area is 156 Å². The van der Waals surface area contributed by atoms with Gasteiger partial charge in [0.25, 0.3) is 0 Å². The summed E-state index contributed by atoms with van der Waals surface area (Å²) in [5.74, 6) is 0. The average Bonchev–Trinajstić information content (AvgIpc) is 2.61. The predicted molar refractivity (Wildman–Crippen MR) is 104 cm³/mol. The van der Waals surface area contributed by atoms with E-state index in [4.69, 9.17) is 0 Å². The SMILES string of the molecule is Cc1ccccc1S(=O)(=O)NC(c1ccccc1)c1cccc(Br)c1. The van der Waals surface area contributed by atoms with Crippen LogP contribution in [0.4, 0.5) is 0 Å². The first-order chi connectivity index (χ1) is 12.0. The molecule has 3 aromatic carbocycles. The highest BCUT2D eigenvalue weighted by molar-refractivity contribution is 9.10. The highest BCUT2D eigenvalue weighted by atomic mass is 79.9. The summed E-state index contributed by atoms with van der Waals surface area (Å²) >= 11 is 3.46. The molecule has 0 aliphatic carbocycles. The van der Waals surface area contributed by atoms with Crippen molar-refractivity contribution in [3.8, 4) is 0 Å². The van der Waals surface area contributed by atoms with E-state index in [1.165, 1.54) is 0 Å². The van der Waals surface area contributed by atoms with Gasteiger partial charge in [0.15, 0.2) is 0 Å². The van der Waals surface area contributed by atoms with Crippen LogP contribution < -0.4 is 4.72 Å². The third-order valence-electron chi connectivity index (χ3n) is 3.97. The van der Waals surface area contributed by atoms with Crippen molar-refractivity contribution in [2.24, 2.45) is 0 Å². The van der Waals surface area contributed by atoms with Crippen LogP contribution in [0, 0.1) is 6.92 Å². The van der Waals surface area contributed by atoms with Gasteiger partial charge in [0.05, 0.1) is 10.9 Å². The fourth-order valence-corrected chi connectivity index (χ4v) is 4.61. The molecule has 0 bridgehead atoms. The molecule has 3 aromatic rings. The standard InChI is InChI=1S/C20H18BrNO2S/c1-15-8-5-6-13-19(15)25(23,24)22-20(16-9-3-2-4-10-16)17-11-7-12-18(21)14-17/h2-14,20,22H,1H3. The monoisotopic (exact) mass is 415 g/mol. The highest BCUT2D eigenvalue weighted by Gasteiger charge is 2.24. The molecule has 0 aromatic heterocycles. The summed E-state index contributed by atoms with van der Waals surface area (Å²) in [6.07, 6.45) is 0. The van der Waals surface area contributed by atoms with Crippen molar-refractivity contribution >= 4 is 26.0 Å². The topological polar surface area (TPSA) is 46.2 Å². The van der Waals surface area contributed by atoms with E-state index in [0.717, 1.165) is 21.2 Å². The van der Waals surface area contributed by atoms with Gasteiger partial charge in [-0.25, -0.2) is 8.42 Å². The number of sulfonamides is 1. The molecule has 0 aliphatic rings. The summed E-state index contributed by atoms with van der Waals surface area (Å²) < 4.78 is 29.7. The zero-order chi connectivity index (χ0) is 17.9. The lowest BCUT2D eigenvalue weighted by Gasteiger charge is -2.21. The summed E-state index contributed by atoms with van der Waals surface area (Å²) in [7, 11) is -3.66. The van der Waals surface area contributed by atoms with Gasteiger partial charge in [-0.3, -0.25) is 0 Å². The van der Waals surface area contributed by atoms with Crippen molar-refractivity contribution in [3.05, 3.63) is 100 Å². The number of halogens is 1. The quantitative estimate of drug-likeness (QED) is 0.648. The molecule has 0 saturated heterocycles. The molecule has 1 atom stereocenters. The first-order valence-corrected chi connectivity index (χ1v) is 10.1. The molecule has 3 rings (SSSR count). The minimum absolute atomic E-state index is 0.297. The Bertz CT molecular complexity index is 972. The molecule has 128 valence electrons. The predicted octanol–water partition coefficient (Wildman–Crippen LogP) is 4.83. The van der Waals surface area contributed by atoms with E-state index in [1.54, 1.807) is 25.1 Å². The molecule has 0 radical (unpaired) electrons. The van der Waals surface area contributed by atoms with E-state index < -0.39 is 16.1 Å². The third-order valence-corrected chi connectivity index (χ3v) is 6.05. The van der Waals surface area contributed by atoms with Crippen LogP contribution in [0.15, 0.2) is 88.2 Å². The van der Waals surface area contributed by atoms with Crippen molar-refractivity contribution in [2.45, 2.75) is 17.9 Å². The lowest BCUT2D eigenvalue weighted by Crippen LogP contribution is -2.30. The maximum Gasteiger partial charge on any atom is 0.241 e. The molecule has 3 nitrogen and oxygen atoms in total. The molecule has 0 amide bonds. The number of rotatable bonds is 5. The lowest BCUT2D eigenvalue weighted by atomic mass is 10.00. The maximum absolute atomic E-state index is 13.0. The number of hydrogen-bond acceptors (Lipinski definition) is 2. The molecule has 25 heavy (non-hydrogen) atoms. The van der Waals surface area contributed by atoms with Crippen LogP contribution >= 0.6 is 15.9 Å².